The van der Waals surface area contributed by atoms with Gasteiger partial charge in [-0.1, -0.05) is 0 Å². The average molecular weight is 368 g/mol. The molecule has 15 heteroatoms. The third-order valence-corrected chi connectivity index (χ3v) is 1.25. The molecule has 21 heavy (non-hydrogen) atoms. The number of aliphatic hydroxyl groups is 1. The largest absolute Gasteiger partial charge is 2.00 e. The fourth-order valence-electron chi connectivity index (χ4n) is 0.684. The smallest absolute Gasteiger partial charge is 0.726 e. The van der Waals surface area contributed by atoms with E-state index in [1.54, 1.807) is 0 Å². The van der Waals surface area contributed by atoms with Crippen LogP contribution in [-0.4, -0.2) is 69.2 Å². The van der Waals surface area contributed by atoms with Crippen molar-refractivity contribution in [1.29, 1.82) is 0 Å². The SMILES string of the molecule is O=C([O-])CC(O)(CC(=O)[O-])C(=O)[O-].O=S(=O)([O-])O.[K+].[Mg+2].[NH4+]. The van der Waals surface area contributed by atoms with Crippen LogP contribution in [0.3, 0.4) is 0 Å². The summed E-state index contributed by atoms with van der Waals surface area (Å²) in [6.07, 6.45) is -2.72. The van der Waals surface area contributed by atoms with Crippen LogP contribution in [-0.2, 0) is 24.8 Å². The Labute approximate surface area is 177 Å². The van der Waals surface area contributed by atoms with Gasteiger partial charge in [0, 0.05) is 24.8 Å². The van der Waals surface area contributed by atoms with Crippen LogP contribution < -0.4 is 72.9 Å². The van der Waals surface area contributed by atoms with E-state index in [1.807, 2.05) is 0 Å². The Morgan fingerprint density at radius 3 is 1.29 bits per heavy atom. The first-order valence-corrected chi connectivity index (χ1v) is 5.16. The maximum Gasteiger partial charge on any atom is 2.00 e. The van der Waals surface area contributed by atoms with Gasteiger partial charge in [0.1, 0.15) is 5.60 Å². The van der Waals surface area contributed by atoms with E-state index in [1.165, 1.54) is 0 Å². The Morgan fingerprint density at radius 2 is 1.19 bits per heavy atom. The summed E-state index contributed by atoms with van der Waals surface area (Å²) in [6, 6.07) is 0. The topological polar surface area (TPSA) is 255 Å². The molecule has 0 rings (SSSR count). The molecule has 0 aromatic heterocycles. The molecule has 0 fully saturated rings. The summed E-state index contributed by atoms with van der Waals surface area (Å²) >= 11 is 0. The van der Waals surface area contributed by atoms with E-state index in [0.717, 1.165) is 0 Å². The number of hydrogen-bond donors (Lipinski definition) is 3. The number of carboxylic acid groups (broad SMARTS) is 3. The van der Waals surface area contributed by atoms with Gasteiger partial charge in [0.15, 0.2) is 0 Å². The van der Waals surface area contributed by atoms with Crippen molar-refractivity contribution < 1.29 is 104 Å². The minimum atomic E-state index is -4.92. The predicted molar refractivity (Wildman–Crippen MR) is 53.3 cm³/mol. The second kappa shape index (κ2) is 14.2. The van der Waals surface area contributed by atoms with Crippen molar-refractivity contribution in [2.24, 2.45) is 0 Å². The molecular formula is C6H10KMgNO11S. The molecule has 0 aliphatic rings. The zero-order valence-electron chi connectivity index (χ0n) is 11.1. The molecule has 0 heterocycles. The summed E-state index contributed by atoms with van der Waals surface area (Å²) in [5.74, 6) is -5.98. The first kappa shape index (κ1) is 33.3. The fourth-order valence-corrected chi connectivity index (χ4v) is 0.684. The molecule has 0 amide bonds. The van der Waals surface area contributed by atoms with E-state index < -0.39 is 46.7 Å². The number of rotatable bonds is 5. The molecule has 0 aromatic carbocycles. The van der Waals surface area contributed by atoms with Crippen LogP contribution >= 0.6 is 0 Å². The van der Waals surface area contributed by atoms with Gasteiger partial charge >= 0.3 is 74.4 Å². The van der Waals surface area contributed by atoms with Gasteiger partial charge in [0.05, 0.1) is 5.97 Å². The van der Waals surface area contributed by atoms with Crippen LogP contribution in [0.2, 0.25) is 0 Å². The zero-order chi connectivity index (χ0) is 15.1. The summed E-state index contributed by atoms with van der Waals surface area (Å²) in [5, 5.41) is 38.9. The van der Waals surface area contributed by atoms with Gasteiger partial charge in [0.2, 0.25) is 10.4 Å². The summed E-state index contributed by atoms with van der Waals surface area (Å²) < 4.78 is 32.8. The molecule has 0 spiro atoms. The number of carbonyl (C=O) groups excluding carboxylic acids is 3. The number of quaternary nitrogens is 1. The van der Waals surface area contributed by atoms with Crippen LogP contribution in [0.25, 0.3) is 0 Å². The van der Waals surface area contributed by atoms with Crippen molar-refractivity contribution in [2.75, 3.05) is 0 Å². The summed E-state index contributed by atoms with van der Waals surface area (Å²) in [7, 11) is -4.92. The van der Waals surface area contributed by atoms with Crippen molar-refractivity contribution in [1.82, 2.24) is 6.15 Å². The monoisotopic (exact) mass is 367 g/mol. The standard InChI is InChI=1S/C6H8O7.K.Mg.H3N.H2O4S/c7-3(8)1-6(13,5(11)12)2-4(9)10;;;;1-5(2,3)4/h13H,1-2H2,(H,7,8)(H,9,10)(H,11,12);;;1H3;(H2,1,2,3,4)/q;+1;+2;;/p-3. The van der Waals surface area contributed by atoms with Gasteiger partial charge in [-0.15, -0.1) is 0 Å². The van der Waals surface area contributed by atoms with Gasteiger partial charge in [-0.05, 0) is 0 Å². The van der Waals surface area contributed by atoms with Crippen molar-refractivity contribution >= 4 is 51.4 Å². The van der Waals surface area contributed by atoms with Crippen LogP contribution in [0.4, 0.5) is 0 Å². The molecule has 0 saturated heterocycles. The van der Waals surface area contributed by atoms with Crippen molar-refractivity contribution in [3.05, 3.63) is 0 Å². The van der Waals surface area contributed by atoms with Gasteiger partial charge in [-0.3, -0.25) is 4.55 Å². The van der Waals surface area contributed by atoms with Gasteiger partial charge in [-0.2, -0.15) is 0 Å². The van der Waals surface area contributed by atoms with Gasteiger partial charge in [0.25, 0.3) is 0 Å². The number of hydrogen-bond acceptors (Lipinski definition) is 10. The number of carboxylic acids is 3. The molecule has 0 aliphatic heterocycles. The molecule has 6 N–H and O–H groups in total. The third kappa shape index (κ3) is 25.9. The zero-order valence-corrected chi connectivity index (χ0v) is 16.5. The van der Waals surface area contributed by atoms with Crippen LogP contribution in [0.5, 0.6) is 0 Å². The molecule has 0 bridgehead atoms. The Bertz CT molecular complexity index is 414. The van der Waals surface area contributed by atoms with E-state index in [9.17, 15) is 29.7 Å². The number of aliphatic carboxylic acids is 3. The fraction of sp³-hybridized carbons (Fsp3) is 0.500. The molecule has 0 unspecified atom stereocenters. The molecule has 0 saturated carbocycles. The molecular weight excluding hydrogens is 358 g/mol. The summed E-state index contributed by atoms with van der Waals surface area (Å²) in [5.41, 5.74) is -2.97. The molecule has 0 atom stereocenters. The first-order chi connectivity index (χ1) is 7.78. The van der Waals surface area contributed by atoms with Gasteiger partial charge < -0.3 is 45.5 Å². The minimum Gasteiger partial charge on any atom is -0.726 e. The first-order valence-electron chi connectivity index (χ1n) is 3.80. The predicted octanol–water partition coefficient (Wildman–Crippen LogP) is -9.25. The van der Waals surface area contributed by atoms with E-state index in [2.05, 4.69) is 0 Å². The average Bonchev–Trinajstić information content (AvgIpc) is 1.95. The summed E-state index contributed by atoms with van der Waals surface area (Å²) in [4.78, 5) is 30.0. The van der Waals surface area contributed by atoms with Crippen LogP contribution in [0.1, 0.15) is 12.8 Å². The molecule has 12 nitrogen and oxygen atoms in total. The Kier molecular flexibility index (Phi) is 22.5. The molecule has 0 aromatic rings. The second-order valence-electron chi connectivity index (χ2n) is 2.84. The number of carbonyl (C=O) groups is 3. The van der Waals surface area contributed by atoms with Crippen LogP contribution in [0, 0.1) is 0 Å². The Balaban J connectivity index is -0.0000000933. The Morgan fingerprint density at radius 1 is 1.00 bits per heavy atom. The molecule has 114 valence electrons. The van der Waals surface area contributed by atoms with E-state index in [4.69, 9.17) is 22.6 Å². The third-order valence-electron chi connectivity index (χ3n) is 1.25. The van der Waals surface area contributed by atoms with Crippen LogP contribution in [0.15, 0.2) is 0 Å². The van der Waals surface area contributed by atoms with Crippen molar-refractivity contribution in [3.63, 3.8) is 0 Å². The second-order valence-corrected chi connectivity index (χ2v) is 3.70. The summed E-state index contributed by atoms with van der Waals surface area (Å²) in [6.45, 7) is 0. The maximum atomic E-state index is 10.1. The van der Waals surface area contributed by atoms with E-state index in [0.29, 0.717) is 0 Å². The maximum absolute atomic E-state index is 10.1. The Hall–Kier alpha value is 0.603. The van der Waals surface area contributed by atoms with Gasteiger partial charge in [-0.25, -0.2) is 8.42 Å². The van der Waals surface area contributed by atoms with E-state index in [-0.39, 0.29) is 80.6 Å². The quantitative estimate of drug-likeness (QED) is 0.233. The minimum absolute atomic E-state index is 0. The van der Waals surface area contributed by atoms with Crippen molar-refractivity contribution in [2.45, 2.75) is 18.4 Å². The molecule has 0 radical (unpaired) electrons. The van der Waals surface area contributed by atoms with E-state index >= 15 is 0 Å². The van der Waals surface area contributed by atoms with Crippen molar-refractivity contribution in [3.8, 4) is 0 Å². The normalized spacial score (nSPS) is 9.48. The molecule has 0 aliphatic carbocycles.